The van der Waals surface area contributed by atoms with Gasteiger partial charge in [0.2, 0.25) is 0 Å². The number of guanidine groups is 1. The molecule has 10 heteroatoms. The number of alkyl halides is 3. The molecule has 1 aliphatic carbocycles. The third-order valence-electron chi connectivity index (χ3n) is 4.91. The summed E-state index contributed by atoms with van der Waals surface area (Å²) in [6.45, 7) is 4.50. The van der Waals surface area contributed by atoms with Gasteiger partial charge in [-0.1, -0.05) is 6.07 Å². The Kier molecular flexibility index (Phi) is 7.07. The molecule has 1 aromatic carbocycles. The molecule has 1 unspecified atom stereocenters. The summed E-state index contributed by atoms with van der Waals surface area (Å²) in [5, 5.41) is 9.59. The zero-order valence-electron chi connectivity index (χ0n) is 17.8. The van der Waals surface area contributed by atoms with E-state index >= 15 is 0 Å². The molecule has 2 N–H and O–H groups in total. The van der Waals surface area contributed by atoms with Gasteiger partial charge >= 0.3 is 6.18 Å². The summed E-state index contributed by atoms with van der Waals surface area (Å²) in [6.07, 6.45) is -1.01. The number of benzene rings is 1. The van der Waals surface area contributed by atoms with Crippen molar-refractivity contribution in [2.24, 2.45) is 18.0 Å². The SMILES string of the molecule is CCNC(=NCc1cn(C)nc1C(F)(F)F)NC(C)c1ccc(OCC2CC2)c(F)c1. The molecular weight excluding hydrogens is 414 g/mol. The van der Waals surface area contributed by atoms with Crippen molar-refractivity contribution in [3.05, 3.63) is 47.0 Å². The monoisotopic (exact) mass is 441 g/mol. The Hall–Kier alpha value is -2.78. The smallest absolute Gasteiger partial charge is 0.435 e. The molecule has 170 valence electrons. The van der Waals surface area contributed by atoms with Crippen LogP contribution in [0.3, 0.4) is 0 Å². The molecule has 1 fully saturated rings. The number of aliphatic imine (C=N–C) groups is 1. The van der Waals surface area contributed by atoms with Gasteiger partial charge in [-0.15, -0.1) is 0 Å². The Morgan fingerprint density at radius 2 is 2.10 bits per heavy atom. The first-order valence-corrected chi connectivity index (χ1v) is 10.2. The van der Waals surface area contributed by atoms with E-state index in [-0.39, 0.29) is 23.9 Å². The average Bonchev–Trinajstić information content (AvgIpc) is 3.44. The zero-order chi connectivity index (χ0) is 22.6. The first-order valence-electron chi connectivity index (χ1n) is 10.2. The average molecular weight is 441 g/mol. The summed E-state index contributed by atoms with van der Waals surface area (Å²) in [7, 11) is 1.43. The first-order chi connectivity index (χ1) is 14.7. The number of halogens is 4. The van der Waals surface area contributed by atoms with Gasteiger partial charge in [0.15, 0.2) is 23.2 Å². The minimum atomic E-state index is -4.55. The fraction of sp³-hybridized carbons (Fsp3) is 0.524. The minimum Gasteiger partial charge on any atom is -0.490 e. The summed E-state index contributed by atoms with van der Waals surface area (Å²) >= 11 is 0. The molecule has 6 nitrogen and oxygen atoms in total. The van der Waals surface area contributed by atoms with Crippen molar-refractivity contribution < 1.29 is 22.3 Å². The van der Waals surface area contributed by atoms with Gasteiger partial charge in [0.25, 0.3) is 0 Å². The Morgan fingerprint density at radius 1 is 1.35 bits per heavy atom. The van der Waals surface area contributed by atoms with Crippen LogP contribution in [0.4, 0.5) is 17.6 Å². The van der Waals surface area contributed by atoms with Gasteiger partial charge in [0, 0.05) is 25.4 Å². The normalized spacial score (nSPS) is 15.6. The third kappa shape index (κ3) is 6.35. The fourth-order valence-electron chi connectivity index (χ4n) is 3.06. The Morgan fingerprint density at radius 3 is 2.71 bits per heavy atom. The molecule has 31 heavy (non-hydrogen) atoms. The van der Waals surface area contributed by atoms with Crippen molar-refractivity contribution in [1.29, 1.82) is 0 Å². The Balaban J connectivity index is 1.68. The lowest BCUT2D eigenvalue weighted by Crippen LogP contribution is -2.38. The summed E-state index contributed by atoms with van der Waals surface area (Å²) in [5.41, 5.74) is -0.311. The molecule has 2 aromatic rings. The highest BCUT2D eigenvalue weighted by molar-refractivity contribution is 5.80. The number of aromatic nitrogens is 2. The molecule has 1 saturated carbocycles. The number of hydrogen-bond acceptors (Lipinski definition) is 3. The van der Waals surface area contributed by atoms with E-state index in [1.807, 2.05) is 13.8 Å². The van der Waals surface area contributed by atoms with Crippen LogP contribution in [0.15, 0.2) is 29.4 Å². The Bertz CT molecular complexity index is 921. The van der Waals surface area contributed by atoms with Crippen molar-refractivity contribution in [2.75, 3.05) is 13.2 Å². The molecule has 0 amide bonds. The zero-order valence-corrected chi connectivity index (χ0v) is 17.8. The lowest BCUT2D eigenvalue weighted by atomic mass is 10.1. The first kappa shape index (κ1) is 22.9. The minimum absolute atomic E-state index is 0.0249. The van der Waals surface area contributed by atoms with E-state index in [1.165, 1.54) is 19.3 Å². The van der Waals surface area contributed by atoms with Crippen LogP contribution in [0.2, 0.25) is 0 Å². The van der Waals surface area contributed by atoms with E-state index in [4.69, 9.17) is 4.74 Å². The fourth-order valence-corrected chi connectivity index (χ4v) is 3.06. The van der Waals surface area contributed by atoms with Crippen LogP contribution in [-0.2, 0) is 19.8 Å². The van der Waals surface area contributed by atoms with Crippen molar-refractivity contribution in [2.45, 2.75) is 45.5 Å². The topological polar surface area (TPSA) is 63.5 Å². The number of nitrogens with one attached hydrogen (secondary N) is 2. The predicted molar refractivity (Wildman–Crippen MR) is 109 cm³/mol. The van der Waals surface area contributed by atoms with Crippen LogP contribution in [0.1, 0.15) is 49.6 Å². The molecule has 1 aliphatic rings. The van der Waals surface area contributed by atoms with Gasteiger partial charge in [-0.2, -0.15) is 18.3 Å². The molecular formula is C21H27F4N5O. The lowest BCUT2D eigenvalue weighted by Gasteiger charge is -2.19. The van der Waals surface area contributed by atoms with E-state index in [9.17, 15) is 17.6 Å². The second-order valence-electron chi connectivity index (χ2n) is 7.68. The van der Waals surface area contributed by atoms with Gasteiger partial charge in [-0.05, 0) is 50.3 Å². The van der Waals surface area contributed by atoms with Crippen LogP contribution in [-0.4, -0.2) is 28.9 Å². The second-order valence-corrected chi connectivity index (χ2v) is 7.68. The number of hydrogen-bond donors (Lipinski definition) is 2. The summed E-state index contributed by atoms with van der Waals surface area (Å²) < 4.78 is 60.4. The lowest BCUT2D eigenvalue weighted by molar-refractivity contribution is -0.142. The molecule has 0 spiro atoms. The second kappa shape index (κ2) is 9.57. The van der Waals surface area contributed by atoms with E-state index < -0.39 is 17.7 Å². The van der Waals surface area contributed by atoms with Gasteiger partial charge in [-0.3, -0.25) is 4.68 Å². The van der Waals surface area contributed by atoms with Crippen LogP contribution < -0.4 is 15.4 Å². The highest BCUT2D eigenvalue weighted by Gasteiger charge is 2.36. The highest BCUT2D eigenvalue weighted by atomic mass is 19.4. The van der Waals surface area contributed by atoms with E-state index in [0.29, 0.717) is 30.6 Å². The maximum atomic E-state index is 14.4. The summed E-state index contributed by atoms with van der Waals surface area (Å²) in [4.78, 5) is 4.26. The van der Waals surface area contributed by atoms with E-state index in [0.717, 1.165) is 17.5 Å². The third-order valence-corrected chi connectivity index (χ3v) is 4.91. The van der Waals surface area contributed by atoms with Crippen LogP contribution >= 0.6 is 0 Å². The molecule has 1 heterocycles. The van der Waals surface area contributed by atoms with Crippen molar-refractivity contribution in [3.63, 3.8) is 0 Å². The number of aryl methyl sites for hydroxylation is 1. The number of rotatable bonds is 8. The maximum absolute atomic E-state index is 14.4. The number of ether oxygens (including phenoxy) is 1. The molecule has 1 aromatic heterocycles. The molecule has 3 rings (SSSR count). The van der Waals surface area contributed by atoms with Gasteiger partial charge in [0.05, 0.1) is 19.2 Å². The van der Waals surface area contributed by atoms with Crippen molar-refractivity contribution in [1.82, 2.24) is 20.4 Å². The van der Waals surface area contributed by atoms with Crippen molar-refractivity contribution in [3.8, 4) is 5.75 Å². The van der Waals surface area contributed by atoms with Crippen molar-refractivity contribution >= 4 is 5.96 Å². The molecule has 0 aliphatic heterocycles. The molecule has 0 bridgehead atoms. The largest absolute Gasteiger partial charge is 0.490 e. The van der Waals surface area contributed by atoms with E-state index in [2.05, 4.69) is 20.7 Å². The predicted octanol–water partition coefficient (Wildman–Crippen LogP) is 4.18. The number of nitrogens with zero attached hydrogens (tertiary/aromatic N) is 3. The van der Waals surface area contributed by atoms with Crippen LogP contribution in [0, 0.1) is 11.7 Å². The van der Waals surface area contributed by atoms with Gasteiger partial charge < -0.3 is 15.4 Å². The quantitative estimate of drug-likeness (QED) is 0.367. The van der Waals surface area contributed by atoms with E-state index in [1.54, 1.807) is 12.1 Å². The maximum Gasteiger partial charge on any atom is 0.435 e. The molecule has 1 atom stereocenters. The summed E-state index contributed by atoms with van der Waals surface area (Å²) in [6, 6.07) is 4.42. The van der Waals surface area contributed by atoms with Gasteiger partial charge in [0.1, 0.15) is 0 Å². The van der Waals surface area contributed by atoms with Gasteiger partial charge in [-0.25, -0.2) is 9.38 Å². The van der Waals surface area contributed by atoms with Crippen LogP contribution in [0.25, 0.3) is 0 Å². The molecule has 0 radical (unpaired) electrons. The molecule has 0 saturated heterocycles. The standard InChI is InChI=1S/C21H27F4N5O/c1-4-26-20(27-10-16-11-30(3)29-19(16)21(23,24)25)28-13(2)15-7-8-18(17(22)9-15)31-12-14-5-6-14/h7-9,11,13-14H,4-6,10,12H2,1-3H3,(H2,26,27,28). The highest BCUT2D eigenvalue weighted by Crippen LogP contribution is 2.31. The van der Waals surface area contributed by atoms with Crippen LogP contribution in [0.5, 0.6) is 5.75 Å². The Labute approximate surface area is 178 Å². The summed E-state index contributed by atoms with van der Waals surface area (Å²) in [5.74, 6) is 0.622.